The largest absolute Gasteiger partial charge is 0.490 e. The molecular weight excluding hydrogens is 250 g/mol. The fourth-order valence-electron chi connectivity index (χ4n) is 1.69. The second-order valence-corrected chi connectivity index (χ2v) is 5.07. The van der Waals surface area contributed by atoms with Crippen LogP contribution in [0.3, 0.4) is 0 Å². The predicted molar refractivity (Wildman–Crippen MR) is 82.9 cm³/mol. The van der Waals surface area contributed by atoms with Gasteiger partial charge in [-0.3, -0.25) is 4.79 Å². The first-order chi connectivity index (χ1) is 9.49. The maximum absolute atomic E-state index is 10.9. The van der Waals surface area contributed by atoms with Gasteiger partial charge < -0.3 is 10.5 Å². The van der Waals surface area contributed by atoms with Gasteiger partial charge in [-0.25, -0.2) is 0 Å². The summed E-state index contributed by atoms with van der Waals surface area (Å²) in [6.45, 7) is 6.87. The number of carbonyl (C=O) groups excluding carboxylic acids is 1. The van der Waals surface area contributed by atoms with E-state index in [0.29, 0.717) is 12.2 Å². The lowest BCUT2D eigenvalue weighted by atomic mass is 10.1. The molecule has 0 fully saturated rings. The Morgan fingerprint density at radius 3 is 2.35 bits per heavy atom. The van der Waals surface area contributed by atoms with E-state index in [4.69, 9.17) is 10.5 Å². The van der Waals surface area contributed by atoms with E-state index in [1.54, 1.807) is 24.3 Å². The topological polar surface area (TPSA) is 52.3 Å². The lowest BCUT2D eigenvalue weighted by Crippen LogP contribution is -2.10. The van der Waals surface area contributed by atoms with Gasteiger partial charge in [-0.15, -0.1) is 0 Å². The molecule has 0 atom stereocenters. The molecule has 0 aliphatic carbocycles. The molecule has 2 N–H and O–H groups in total. The minimum Gasteiger partial charge on any atom is -0.490 e. The number of ether oxygens (including phenoxy) is 1. The molecule has 0 aliphatic heterocycles. The second kappa shape index (κ2) is 8.20. The molecule has 20 heavy (non-hydrogen) atoms. The van der Waals surface area contributed by atoms with Crippen LogP contribution in [0.1, 0.15) is 44.0 Å². The molecule has 0 saturated heterocycles. The number of carbonyl (C=O) groups is 1. The Bertz CT molecular complexity index is 494. The summed E-state index contributed by atoms with van der Waals surface area (Å²) in [5.74, 6) is 0.315. The first-order valence-electron chi connectivity index (χ1n) is 6.80. The summed E-state index contributed by atoms with van der Waals surface area (Å²) in [6, 6.07) is 6.85. The van der Waals surface area contributed by atoms with Crippen molar-refractivity contribution in [3.63, 3.8) is 0 Å². The van der Waals surface area contributed by atoms with E-state index in [1.165, 1.54) is 11.1 Å². The Kier molecular flexibility index (Phi) is 6.57. The molecule has 0 radical (unpaired) electrons. The predicted octanol–water partition coefficient (Wildman–Crippen LogP) is 3.86. The summed E-state index contributed by atoms with van der Waals surface area (Å²) in [7, 11) is 0. The highest BCUT2D eigenvalue weighted by Gasteiger charge is 1.99. The van der Waals surface area contributed by atoms with Crippen LogP contribution in [0.25, 0.3) is 0 Å². The van der Waals surface area contributed by atoms with E-state index in [9.17, 15) is 4.79 Å². The average molecular weight is 273 g/mol. The van der Waals surface area contributed by atoms with Crippen LogP contribution in [0.2, 0.25) is 0 Å². The van der Waals surface area contributed by atoms with Crippen LogP contribution in [-0.4, -0.2) is 12.5 Å². The molecule has 1 aromatic rings. The quantitative estimate of drug-likeness (QED) is 0.767. The van der Waals surface area contributed by atoms with Crippen molar-refractivity contribution in [1.29, 1.82) is 0 Å². The lowest BCUT2D eigenvalue weighted by molar-refractivity contribution is 0.100. The third-order valence-electron chi connectivity index (χ3n) is 2.91. The van der Waals surface area contributed by atoms with Crippen molar-refractivity contribution in [2.24, 2.45) is 5.73 Å². The van der Waals surface area contributed by atoms with Crippen molar-refractivity contribution < 1.29 is 9.53 Å². The molecule has 0 unspecified atom stereocenters. The molecule has 0 bridgehead atoms. The normalized spacial score (nSPS) is 11.1. The maximum atomic E-state index is 10.9. The van der Waals surface area contributed by atoms with Gasteiger partial charge in [0.2, 0.25) is 5.91 Å². The second-order valence-electron chi connectivity index (χ2n) is 5.07. The first kappa shape index (κ1) is 16.0. The number of allylic oxidation sites excluding steroid dienone is 3. The van der Waals surface area contributed by atoms with Gasteiger partial charge in [-0.2, -0.15) is 0 Å². The number of primary amides is 1. The van der Waals surface area contributed by atoms with Crippen LogP contribution in [0.4, 0.5) is 0 Å². The number of hydrogen-bond acceptors (Lipinski definition) is 2. The molecule has 108 valence electrons. The van der Waals surface area contributed by atoms with Crippen molar-refractivity contribution in [3.05, 3.63) is 53.1 Å². The van der Waals surface area contributed by atoms with Crippen LogP contribution in [0, 0.1) is 0 Å². The van der Waals surface area contributed by atoms with Gasteiger partial charge in [0.15, 0.2) is 0 Å². The zero-order valence-corrected chi connectivity index (χ0v) is 12.5. The molecule has 1 aromatic carbocycles. The van der Waals surface area contributed by atoms with Gasteiger partial charge in [0.1, 0.15) is 12.4 Å². The van der Waals surface area contributed by atoms with Crippen molar-refractivity contribution in [2.75, 3.05) is 6.61 Å². The van der Waals surface area contributed by atoms with Crippen molar-refractivity contribution in [1.82, 2.24) is 0 Å². The number of rotatable bonds is 7. The van der Waals surface area contributed by atoms with Crippen LogP contribution >= 0.6 is 0 Å². The Morgan fingerprint density at radius 2 is 1.80 bits per heavy atom. The molecule has 3 heteroatoms. The summed E-state index contributed by atoms with van der Waals surface area (Å²) in [6.07, 6.45) is 6.44. The van der Waals surface area contributed by atoms with Crippen LogP contribution in [-0.2, 0) is 0 Å². The van der Waals surface area contributed by atoms with E-state index >= 15 is 0 Å². The van der Waals surface area contributed by atoms with Gasteiger partial charge in [0, 0.05) is 5.56 Å². The first-order valence-corrected chi connectivity index (χ1v) is 6.80. The van der Waals surface area contributed by atoms with Crippen LogP contribution < -0.4 is 10.5 Å². The van der Waals surface area contributed by atoms with Crippen molar-refractivity contribution in [2.45, 2.75) is 33.6 Å². The van der Waals surface area contributed by atoms with Crippen molar-refractivity contribution in [3.8, 4) is 5.75 Å². The Labute approximate surface area is 121 Å². The third-order valence-corrected chi connectivity index (χ3v) is 2.91. The molecular formula is C17H23NO2. The van der Waals surface area contributed by atoms with Gasteiger partial charge in [0.25, 0.3) is 0 Å². The Morgan fingerprint density at radius 1 is 1.15 bits per heavy atom. The summed E-state index contributed by atoms with van der Waals surface area (Å²) in [5.41, 5.74) is 8.34. The van der Waals surface area contributed by atoms with E-state index in [-0.39, 0.29) is 0 Å². The maximum Gasteiger partial charge on any atom is 0.248 e. The summed E-state index contributed by atoms with van der Waals surface area (Å²) < 4.78 is 5.59. The third kappa shape index (κ3) is 6.23. The fourth-order valence-corrected chi connectivity index (χ4v) is 1.69. The van der Waals surface area contributed by atoms with E-state index in [1.807, 2.05) is 0 Å². The SMILES string of the molecule is CC(C)=CCC/C(C)=C/COc1ccc(C(N)=O)cc1. The summed E-state index contributed by atoms with van der Waals surface area (Å²) >= 11 is 0. The molecule has 0 aromatic heterocycles. The van der Waals surface area contributed by atoms with Gasteiger partial charge in [-0.05, 0) is 64.0 Å². The fraction of sp³-hybridized carbons (Fsp3) is 0.353. The van der Waals surface area contributed by atoms with Crippen LogP contribution in [0.15, 0.2) is 47.6 Å². The summed E-state index contributed by atoms with van der Waals surface area (Å²) in [5, 5.41) is 0. The van der Waals surface area contributed by atoms with Crippen LogP contribution in [0.5, 0.6) is 5.75 Å². The van der Waals surface area contributed by atoms with Gasteiger partial charge >= 0.3 is 0 Å². The zero-order valence-electron chi connectivity index (χ0n) is 12.5. The van der Waals surface area contributed by atoms with E-state index in [0.717, 1.165) is 18.6 Å². The minimum atomic E-state index is -0.424. The average Bonchev–Trinajstić information content (AvgIpc) is 2.39. The van der Waals surface area contributed by atoms with E-state index in [2.05, 4.69) is 32.9 Å². The molecule has 0 spiro atoms. The number of hydrogen-bond donors (Lipinski definition) is 1. The lowest BCUT2D eigenvalue weighted by Gasteiger charge is -2.05. The highest BCUT2D eigenvalue weighted by Crippen LogP contribution is 2.12. The Balaban J connectivity index is 2.39. The Hall–Kier alpha value is -2.03. The standard InChI is InChI=1S/C17H23NO2/c1-13(2)5-4-6-14(3)11-12-20-16-9-7-15(8-10-16)17(18)19/h5,7-11H,4,6,12H2,1-3H3,(H2,18,19)/b14-11+. The van der Waals surface area contributed by atoms with Gasteiger partial charge in [0.05, 0.1) is 0 Å². The highest BCUT2D eigenvalue weighted by molar-refractivity contribution is 5.92. The zero-order chi connectivity index (χ0) is 15.0. The molecule has 3 nitrogen and oxygen atoms in total. The smallest absolute Gasteiger partial charge is 0.248 e. The van der Waals surface area contributed by atoms with Gasteiger partial charge in [-0.1, -0.05) is 17.2 Å². The number of nitrogens with two attached hydrogens (primary N) is 1. The number of amides is 1. The highest BCUT2D eigenvalue weighted by atomic mass is 16.5. The minimum absolute atomic E-state index is 0.424. The molecule has 1 rings (SSSR count). The molecule has 0 aliphatic rings. The van der Waals surface area contributed by atoms with E-state index < -0.39 is 5.91 Å². The monoisotopic (exact) mass is 273 g/mol. The van der Waals surface area contributed by atoms with Crippen molar-refractivity contribution >= 4 is 5.91 Å². The molecule has 0 saturated carbocycles. The molecule has 1 amide bonds. The molecule has 0 heterocycles. The number of benzene rings is 1. The summed E-state index contributed by atoms with van der Waals surface area (Å²) in [4.78, 5) is 10.9.